The van der Waals surface area contributed by atoms with Crippen molar-refractivity contribution in [3.05, 3.63) is 69.5 Å². The highest BCUT2D eigenvalue weighted by atomic mass is 32.1. The Labute approximate surface area is 184 Å². The lowest BCUT2D eigenvalue weighted by molar-refractivity contribution is -0.119. The molecule has 0 spiro atoms. The van der Waals surface area contributed by atoms with Crippen LogP contribution in [-0.2, 0) is 4.79 Å². The number of hydrogen-bond acceptors (Lipinski definition) is 6. The number of carbonyl (C=O) groups is 2. The van der Waals surface area contributed by atoms with Gasteiger partial charge in [0, 0.05) is 23.2 Å². The highest BCUT2D eigenvalue weighted by Gasteiger charge is 2.44. The molecular formula is C23H23N3O4S. The van der Waals surface area contributed by atoms with Crippen molar-refractivity contribution >= 4 is 29.0 Å². The molecule has 0 saturated carbocycles. The minimum Gasteiger partial charge on any atom is -0.493 e. The predicted octanol–water partition coefficient (Wildman–Crippen LogP) is 4.02. The Morgan fingerprint density at radius 3 is 2.52 bits per heavy atom. The number of benzene rings is 1. The van der Waals surface area contributed by atoms with Crippen LogP contribution >= 0.6 is 11.3 Å². The Balaban J connectivity index is 1.86. The molecular weight excluding hydrogens is 414 g/mol. The Morgan fingerprint density at radius 1 is 1.13 bits per heavy atom. The molecule has 0 fully saturated rings. The van der Waals surface area contributed by atoms with E-state index in [9.17, 15) is 9.59 Å². The molecule has 1 aliphatic rings. The van der Waals surface area contributed by atoms with Gasteiger partial charge in [-0.15, -0.1) is 11.3 Å². The molecule has 31 heavy (non-hydrogen) atoms. The maximum atomic E-state index is 13.6. The number of methoxy groups -OCH3 is 2. The summed E-state index contributed by atoms with van der Waals surface area (Å²) in [6, 6.07) is 12.2. The maximum Gasteiger partial charge on any atom is 0.254 e. The summed E-state index contributed by atoms with van der Waals surface area (Å²) < 4.78 is 10.8. The third kappa shape index (κ3) is 3.74. The number of fused-ring (bicyclic) bond motifs is 1. The number of likely N-dealkylation sites (N-methyl/N-ethyl adjacent to an activating group) is 1. The first-order valence-electron chi connectivity index (χ1n) is 9.75. The van der Waals surface area contributed by atoms with Gasteiger partial charge in [-0.2, -0.15) is 0 Å². The van der Waals surface area contributed by atoms with Crippen molar-refractivity contribution in [1.82, 2.24) is 9.88 Å². The number of anilines is 1. The highest BCUT2D eigenvalue weighted by Crippen LogP contribution is 2.46. The molecule has 160 valence electrons. The number of aryl methyl sites for hydroxylation is 1. The lowest BCUT2D eigenvalue weighted by Crippen LogP contribution is -2.43. The van der Waals surface area contributed by atoms with E-state index in [0.29, 0.717) is 28.4 Å². The molecule has 3 heterocycles. The number of pyridine rings is 1. The Hall–Kier alpha value is -3.39. The summed E-state index contributed by atoms with van der Waals surface area (Å²) in [6.07, 6.45) is 0. The average Bonchev–Trinajstić information content (AvgIpc) is 3.29. The van der Waals surface area contributed by atoms with Gasteiger partial charge in [-0.1, -0.05) is 12.1 Å². The molecule has 2 aromatic heterocycles. The van der Waals surface area contributed by atoms with Crippen LogP contribution in [-0.4, -0.2) is 43.0 Å². The van der Waals surface area contributed by atoms with Gasteiger partial charge in [0.05, 0.1) is 26.2 Å². The number of nitrogens with one attached hydrogen (secondary N) is 1. The Kier molecular flexibility index (Phi) is 5.65. The van der Waals surface area contributed by atoms with Crippen molar-refractivity contribution in [2.75, 3.05) is 26.6 Å². The third-order valence-corrected chi connectivity index (χ3v) is 6.37. The number of nitrogens with zero attached hydrogens (tertiary/aromatic N) is 2. The predicted molar refractivity (Wildman–Crippen MR) is 119 cm³/mol. The van der Waals surface area contributed by atoms with E-state index >= 15 is 0 Å². The fourth-order valence-corrected chi connectivity index (χ4v) is 4.87. The van der Waals surface area contributed by atoms with Crippen LogP contribution < -0.4 is 14.8 Å². The molecule has 0 unspecified atom stereocenters. The number of carbonyl (C=O) groups excluding carboxylic acids is 2. The van der Waals surface area contributed by atoms with Crippen LogP contribution in [0.4, 0.5) is 5.82 Å². The zero-order chi connectivity index (χ0) is 22.1. The average molecular weight is 438 g/mol. The molecule has 2 atom stereocenters. The van der Waals surface area contributed by atoms with Crippen molar-refractivity contribution in [3.8, 4) is 11.5 Å². The molecule has 2 amide bonds. The van der Waals surface area contributed by atoms with Crippen LogP contribution in [0.5, 0.6) is 11.5 Å². The van der Waals surface area contributed by atoms with Crippen molar-refractivity contribution in [1.29, 1.82) is 0 Å². The van der Waals surface area contributed by atoms with E-state index in [2.05, 4.69) is 10.3 Å². The van der Waals surface area contributed by atoms with Crippen molar-refractivity contribution in [3.63, 3.8) is 0 Å². The lowest BCUT2D eigenvalue weighted by atomic mass is 9.81. The number of ether oxygens (including phenoxy) is 2. The third-order valence-electron chi connectivity index (χ3n) is 5.43. The van der Waals surface area contributed by atoms with Crippen LogP contribution in [0.2, 0.25) is 0 Å². The molecule has 4 rings (SSSR count). The van der Waals surface area contributed by atoms with Crippen LogP contribution in [0.1, 0.15) is 38.5 Å². The first-order valence-corrected chi connectivity index (χ1v) is 10.6. The topological polar surface area (TPSA) is 80.8 Å². The zero-order valence-corrected chi connectivity index (χ0v) is 18.5. The van der Waals surface area contributed by atoms with Crippen LogP contribution in [0.3, 0.4) is 0 Å². The largest absolute Gasteiger partial charge is 0.493 e. The van der Waals surface area contributed by atoms with Crippen molar-refractivity contribution in [2.45, 2.75) is 18.9 Å². The minimum absolute atomic E-state index is 0.174. The summed E-state index contributed by atoms with van der Waals surface area (Å²) in [5.74, 6) is 0.304. The molecule has 1 aliphatic heterocycles. The summed E-state index contributed by atoms with van der Waals surface area (Å²) in [7, 11) is 4.77. The van der Waals surface area contributed by atoms with Crippen LogP contribution in [0, 0.1) is 6.92 Å². The standard InChI is InChI=1S/C23H23N3O4S/c1-13-7-5-9-19(24-13)25-22(27)20-14-11-16(29-3)17(30-4)12-15(14)23(28)26(2)21(20)18-8-6-10-31-18/h5-12,20-21H,1-4H3,(H,24,25,27)/t20-,21-/m1/s1. The van der Waals surface area contributed by atoms with E-state index in [4.69, 9.17) is 9.47 Å². The summed E-state index contributed by atoms with van der Waals surface area (Å²) in [5.41, 5.74) is 1.82. The number of amides is 2. The maximum absolute atomic E-state index is 13.6. The van der Waals surface area contributed by atoms with Gasteiger partial charge in [0.15, 0.2) is 11.5 Å². The molecule has 3 aromatic rings. The quantitative estimate of drug-likeness (QED) is 0.652. The zero-order valence-electron chi connectivity index (χ0n) is 17.7. The van der Waals surface area contributed by atoms with Gasteiger partial charge in [-0.3, -0.25) is 9.59 Å². The van der Waals surface area contributed by atoms with Crippen LogP contribution in [0.25, 0.3) is 0 Å². The van der Waals surface area contributed by atoms with E-state index in [1.54, 1.807) is 30.1 Å². The Morgan fingerprint density at radius 2 is 1.87 bits per heavy atom. The summed E-state index contributed by atoms with van der Waals surface area (Å²) >= 11 is 1.51. The van der Waals surface area contributed by atoms with E-state index in [1.807, 2.05) is 36.6 Å². The highest BCUT2D eigenvalue weighted by molar-refractivity contribution is 7.10. The smallest absolute Gasteiger partial charge is 0.254 e. The fraction of sp³-hybridized carbons (Fsp3) is 0.261. The second-order valence-electron chi connectivity index (χ2n) is 7.30. The van der Waals surface area contributed by atoms with E-state index in [1.165, 1.54) is 25.6 Å². The van der Waals surface area contributed by atoms with Gasteiger partial charge in [-0.05, 0) is 48.2 Å². The van der Waals surface area contributed by atoms with Crippen molar-refractivity contribution in [2.24, 2.45) is 0 Å². The lowest BCUT2D eigenvalue weighted by Gasteiger charge is -2.39. The van der Waals surface area contributed by atoms with Crippen LogP contribution in [0.15, 0.2) is 47.8 Å². The number of rotatable bonds is 5. The second kappa shape index (κ2) is 8.39. The van der Waals surface area contributed by atoms with E-state index in [0.717, 1.165) is 10.6 Å². The molecule has 0 aliphatic carbocycles. The molecule has 0 saturated heterocycles. The van der Waals surface area contributed by atoms with Gasteiger partial charge in [0.1, 0.15) is 5.82 Å². The second-order valence-corrected chi connectivity index (χ2v) is 8.28. The monoisotopic (exact) mass is 437 g/mol. The van der Waals surface area contributed by atoms with Gasteiger partial charge < -0.3 is 19.7 Å². The molecule has 0 radical (unpaired) electrons. The normalized spacial score (nSPS) is 17.8. The molecule has 8 heteroatoms. The molecule has 0 bridgehead atoms. The number of thiophene rings is 1. The van der Waals surface area contributed by atoms with Gasteiger partial charge in [-0.25, -0.2) is 4.98 Å². The van der Waals surface area contributed by atoms with E-state index < -0.39 is 12.0 Å². The number of hydrogen-bond donors (Lipinski definition) is 1. The molecule has 7 nitrogen and oxygen atoms in total. The Bertz CT molecular complexity index is 1130. The van der Waals surface area contributed by atoms with Gasteiger partial charge in [0.2, 0.25) is 5.91 Å². The summed E-state index contributed by atoms with van der Waals surface area (Å²) in [4.78, 5) is 33.8. The summed E-state index contributed by atoms with van der Waals surface area (Å²) in [5, 5.41) is 4.87. The van der Waals surface area contributed by atoms with Gasteiger partial charge in [0.25, 0.3) is 5.91 Å². The number of aromatic nitrogens is 1. The minimum atomic E-state index is -0.654. The fourth-order valence-electron chi connectivity index (χ4n) is 3.96. The first kappa shape index (κ1) is 20.9. The molecule has 1 aromatic carbocycles. The summed E-state index contributed by atoms with van der Waals surface area (Å²) in [6.45, 7) is 1.86. The first-order chi connectivity index (χ1) is 14.9. The van der Waals surface area contributed by atoms with Crippen molar-refractivity contribution < 1.29 is 19.1 Å². The molecule has 1 N–H and O–H groups in total. The van der Waals surface area contributed by atoms with E-state index in [-0.39, 0.29) is 11.8 Å². The SMILES string of the molecule is COc1cc2c(cc1OC)[C@@H](C(=O)Nc1cccc(C)n1)[C@@H](c1cccs1)N(C)C2=O. The van der Waals surface area contributed by atoms with Gasteiger partial charge >= 0.3 is 0 Å².